The molecule has 1 aromatic rings. The minimum Gasteiger partial charge on any atom is -0.508 e. The molecular weight excluding hydrogens is 408 g/mol. The SMILES string of the molecule is COC1OC(OC)C2C1=CCC1C(C)(C)CCC(OC(=O)/C=C/c3ccc(O)cc3)C21C. The molecule has 1 heterocycles. The Hall–Kier alpha value is -2.15. The van der Waals surface area contributed by atoms with Crippen LogP contribution in [-0.4, -0.2) is 44.0 Å². The summed E-state index contributed by atoms with van der Waals surface area (Å²) in [6.45, 7) is 6.84. The third-order valence-electron chi connectivity index (χ3n) is 7.87. The van der Waals surface area contributed by atoms with E-state index in [2.05, 4.69) is 26.8 Å². The molecule has 0 bridgehead atoms. The lowest BCUT2D eigenvalue weighted by Crippen LogP contribution is -2.58. The number of fused-ring (bicyclic) bond motifs is 3. The zero-order valence-corrected chi connectivity index (χ0v) is 19.5. The molecular formula is C26H34O6. The van der Waals surface area contributed by atoms with Crippen LogP contribution >= 0.6 is 0 Å². The lowest BCUT2D eigenvalue weighted by molar-refractivity contribution is -0.223. The van der Waals surface area contributed by atoms with Crippen LogP contribution in [0.4, 0.5) is 0 Å². The van der Waals surface area contributed by atoms with E-state index in [4.69, 9.17) is 18.9 Å². The highest BCUT2D eigenvalue weighted by Crippen LogP contribution is 2.63. The standard InChI is InChI=1S/C26H34O6/c1-25(2)15-14-20(31-21(28)13-8-16-6-9-17(27)10-7-16)26(3)19(25)12-11-18-22(26)24(30-5)32-23(18)29-4/h6-11,13,19-20,22-24,27H,12,14-15H2,1-5H3/b13-8+. The van der Waals surface area contributed by atoms with Crippen molar-refractivity contribution in [1.29, 1.82) is 0 Å². The van der Waals surface area contributed by atoms with Crippen LogP contribution in [0.3, 0.4) is 0 Å². The van der Waals surface area contributed by atoms with E-state index in [-0.39, 0.29) is 34.6 Å². The van der Waals surface area contributed by atoms with Crippen LogP contribution in [0.2, 0.25) is 0 Å². The van der Waals surface area contributed by atoms with Gasteiger partial charge >= 0.3 is 5.97 Å². The summed E-state index contributed by atoms with van der Waals surface area (Å²) in [5, 5.41) is 9.43. The van der Waals surface area contributed by atoms with E-state index >= 15 is 0 Å². The van der Waals surface area contributed by atoms with Crippen molar-refractivity contribution < 1.29 is 28.8 Å². The van der Waals surface area contributed by atoms with E-state index in [9.17, 15) is 9.90 Å². The van der Waals surface area contributed by atoms with Crippen LogP contribution in [0.5, 0.6) is 5.75 Å². The van der Waals surface area contributed by atoms with Gasteiger partial charge in [-0.15, -0.1) is 0 Å². The van der Waals surface area contributed by atoms with Crippen molar-refractivity contribution in [2.24, 2.45) is 22.7 Å². The molecule has 32 heavy (non-hydrogen) atoms. The molecule has 1 aromatic carbocycles. The molecule has 2 fully saturated rings. The van der Waals surface area contributed by atoms with E-state index in [0.29, 0.717) is 5.92 Å². The van der Waals surface area contributed by atoms with Gasteiger partial charge in [0.1, 0.15) is 11.9 Å². The third kappa shape index (κ3) is 3.89. The molecule has 1 saturated carbocycles. The lowest BCUT2D eigenvalue weighted by atomic mass is 9.47. The summed E-state index contributed by atoms with van der Waals surface area (Å²) >= 11 is 0. The van der Waals surface area contributed by atoms with Crippen LogP contribution in [0, 0.1) is 22.7 Å². The van der Waals surface area contributed by atoms with Crippen LogP contribution in [0.1, 0.15) is 45.6 Å². The smallest absolute Gasteiger partial charge is 0.331 e. The van der Waals surface area contributed by atoms with Crippen LogP contribution in [0.25, 0.3) is 6.08 Å². The first-order valence-corrected chi connectivity index (χ1v) is 11.3. The quantitative estimate of drug-likeness (QED) is 0.405. The summed E-state index contributed by atoms with van der Waals surface area (Å²) in [6.07, 6.45) is 6.95. The largest absolute Gasteiger partial charge is 0.508 e. The normalized spacial score (nSPS) is 35.8. The van der Waals surface area contributed by atoms with Crippen molar-refractivity contribution in [2.45, 2.75) is 58.7 Å². The van der Waals surface area contributed by atoms with E-state index in [1.54, 1.807) is 44.6 Å². The average Bonchev–Trinajstić information content (AvgIpc) is 3.14. The number of allylic oxidation sites excluding steroid dienone is 1. The number of rotatable bonds is 5. The number of esters is 1. The first-order chi connectivity index (χ1) is 15.2. The van der Waals surface area contributed by atoms with E-state index < -0.39 is 12.6 Å². The second kappa shape index (κ2) is 8.65. The van der Waals surface area contributed by atoms with Gasteiger partial charge in [-0.25, -0.2) is 4.79 Å². The zero-order chi connectivity index (χ0) is 23.1. The fourth-order valence-electron chi connectivity index (χ4n) is 6.26. The number of hydrogen-bond acceptors (Lipinski definition) is 6. The Morgan fingerprint density at radius 2 is 1.88 bits per heavy atom. The predicted octanol–water partition coefficient (Wildman–Crippen LogP) is 4.68. The maximum absolute atomic E-state index is 12.8. The minimum absolute atomic E-state index is 0.0466. The molecule has 6 heteroatoms. The van der Waals surface area contributed by atoms with Gasteiger partial charge in [0.2, 0.25) is 0 Å². The summed E-state index contributed by atoms with van der Waals surface area (Å²) in [5.41, 5.74) is 1.67. The van der Waals surface area contributed by atoms with Crippen LogP contribution in [0.15, 0.2) is 42.0 Å². The summed E-state index contributed by atoms with van der Waals surface area (Å²) < 4.78 is 23.5. The number of benzene rings is 1. The topological polar surface area (TPSA) is 74.2 Å². The fraction of sp³-hybridized carbons (Fsp3) is 0.577. The minimum atomic E-state index is -0.443. The molecule has 3 aliphatic rings. The van der Waals surface area contributed by atoms with Gasteiger partial charge in [0.25, 0.3) is 0 Å². The number of carbonyl (C=O) groups excluding carboxylic acids is 1. The molecule has 1 aliphatic heterocycles. The van der Waals surface area contributed by atoms with Crippen molar-refractivity contribution in [3.05, 3.63) is 47.6 Å². The summed E-state index contributed by atoms with van der Waals surface area (Å²) in [6, 6.07) is 6.68. The lowest BCUT2D eigenvalue weighted by Gasteiger charge is -2.58. The number of hydrogen-bond donors (Lipinski definition) is 1. The molecule has 0 spiro atoms. The average molecular weight is 443 g/mol. The fourth-order valence-corrected chi connectivity index (χ4v) is 6.26. The molecule has 6 unspecified atom stereocenters. The Kier molecular flexibility index (Phi) is 6.23. The summed E-state index contributed by atoms with van der Waals surface area (Å²) in [5.74, 6) is 0.0911. The molecule has 1 N–H and O–H groups in total. The zero-order valence-electron chi connectivity index (χ0n) is 19.5. The molecule has 174 valence electrons. The summed E-state index contributed by atoms with van der Waals surface area (Å²) in [7, 11) is 3.30. The van der Waals surface area contributed by atoms with Gasteiger partial charge in [0, 0.05) is 31.6 Å². The molecule has 2 aliphatic carbocycles. The second-order valence-electron chi connectivity index (χ2n) is 10.0. The van der Waals surface area contributed by atoms with Crippen molar-refractivity contribution in [3.63, 3.8) is 0 Å². The van der Waals surface area contributed by atoms with Gasteiger partial charge in [0.15, 0.2) is 12.6 Å². The monoisotopic (exact) mass is 442 g/mol. The molecule has 6 atom stereocenters. The molecule has 6 nitrogen and oxygen atoms in total. The van der Waals surface area contributed by atoms with Gasteiger partial charge in [0.05, 0.1) is 0 Å². The van der Waals surface area contributed by atoms with Gasteiger partial charge in [-0.2, -0.15) is 0 Å². The summed E-state index contributed by atoms with van der Waals surface area (Å²) in [4.78, 5) is 12.8. The Bertz CT molecular complexity index is 901. The Labute approximate surface area is 190 Å². The highest BCUT2D eigenvalue weighted by atomic mass is 16.8. The van der Waals surface area contributed by atoms with Gasteiger partial charge in [-0.05, 0) is 59.9 Å². The highest BCUT2D eigenvalue weighted by Gasteiger charge is 2.63. The predicted molar refractivity (Wildman–Crippen MR) is 121 cm³/mol. The first kappa shape index (κ1) is 23.0. The van der Waals surface area contributed by atoms with Crippen molar-refractivity contribution in [1.82, 2.24) is 0 Å². The number of ether oxygens (including phenoxy) is 4. The number of carbonyl (C=O) groups is 1. The molecule has 4 rings (SSSR count). The number of phenolic OH excluding ortho intramolecular Hbond substituents is 1. The van der Waals surface area contributed by atoms with Crippen molar-refractivity contribution in [2.75, 3.05) is 14.2 Å². The highest BCUT2D eigenvalue weighted by molar-refractivity contribution is 5.87. The Morgan fingerprint density at radius 3 is 2.53 bits per heavy atom. The first-order valence-electron chi connectivity index (χ1n) is 11.3. The van der Waals surface area contributed by atoms with E-state index in [1.807, 2.05) is 0 Å². The Balaban J connectivity index is 1.62. The second-order valence-corrected chi connectivity index (χ2v) is 10.0. The number of phenols is 1. The Morgan fingerprint density at radius 1 is 1.16 bits per heavy atom. The van der Waals surface area contributed by atoms with E-state index in [0.717, 1.165) is 30.4 Å². The maximum atomic E-state index is 12.8. The number of aromatic hydroxyl groups is 1. The number of methoxy groups -OCH3 is 2. The molecule has 0 radical (unpaired) electrons. The van der Waals surface area contributed by atoms with Crippen molar-refractivity contribution >= 4 is 12.0 Å². The molecule has 0 aromatic heterocycles. The van der Waals surface area contributed by atoms with Crippen LogP contribution < -0.4 is 0 Å². The van der Waals surface area contributed by atoms with E-state index in [1.165, 1.54) is 6.08 Å². The third-order valence-corrected chi connectivity index (χ3v) is 7.87. The van der Waals surface area contributed by atoms with Crippen LogP contribution in [-0.2, 0) is 23.7 Å². The van der Waals surface area contributed by atoms with Gasteiger partial charge in [-0.1, -0.05) is 39.0 Å². The van der Waals surface area contributed by atoms with Crippen molar-refractivity contribution in [3.8, 4) is 5.75 Å². The maximum Gasteiger partial charge on any atom is 0.331 e. The van der Waals surface area contributed by atoms with Gasteiger partial charge < -0.3 is 24.1 Å². The molecule has 1 saturated heterocycles. The van der Waals surface area contributed by atoms with Gasteiger partial charge in [-0.3, -0.25) is 0 Å². The molecule has 0 amide bonds.